The van der Waals surface area contributed by atoms with Gasteiger partial charge in [0.2, 0.25) is 5.90 Å². The number of nitrogens with two attached hydrogens (primary N) is 1. The highest BCUT2D eigenvalue weighted by Crippen LogP contribution is 2.20. The fourth-order valence-electron chi connectivity index (χ4n) is 1.83. The van der Waals surface area contributed by atoms with Gasteiger partial charge in [-0.05, 0) is 51.0 Å². The molecular weight excluding hydrogens is 310 g/mol. The lowest BCUT2D eigenvalue weighted by atomic mass is 10.2. The number of hydrogen-bond donors (Lipinski definition) is 1. The number of nitrogens with zero attached hydrogens (tertiary/aromatic N) is 4. The summed E-state index contributed by atoms with van der Waals surface area (Å²) in [5.41, 5.74) is 6.52. The molecule has 0 saturated heterocycles. The summed E-state index contributed by atoms with van der Waals surface area (Å²) in [6.45, 7) is 7.25. The molecule has 128 valence electrons. The van der Waals surface area contributed by atoms with Crippen LogP contribution in [-0.4, -0.2) is 50.5 Å². The van der Waals surface area contributed by atoms with Crippen LogP contribution in [0.3, 0.4) is 0 Å². The van der Waals surface area contributed by atoms with Crippen LogP contribution < -0.4 is 10.6 Å². The van der Waals surface area contributed by atoms with Crippen LogP contribution in [0, 0.1) is 0 Å². The van der Waals surface area contributed by atoms with Crippen molar-refractivity contribution < 1.29 is 14.3 Å². The number of ether oxygens (including phenoxy) is 1. The van der Waals surface area contributed by atoms with E-state index < -0.39 is 12.0 Å². The van der Waals surface area contributed by atoms with Crippen molar-refractivity contribution in [2.75, 3.05) is 24.5 Å². The number of esters is 1. The van der Waals surface area contributed by atoms with Crippen LogP contribution >= 0.6 is 0 Å². The number of benzene rings is 1. The van der Waals surface area contributed by atoms with Gasteiger partial charge in [-0.15, -0.1) is 0 Å². The van der Waals surface area contributed by atoms with Gasteiger partial charge in [0, 0.05) is 12.2 Å². The lowest BCUT2D eigenvalue weighted by molar-refractivity contribution is -0.133. The van der Waals surface area contributed by atoms with Gasteiger partial charge in [-0.2, -0.15) is 0 Å². The van der Waals surface area contributed by atoms with E-state index in [4.69, 9.17) is 10.5 Å². The van der Waals surface area contributed by atoms with E-state index in [2.05, 4.69) is 21.7 Å². The number of urea groups is 1. The minimum atomic E-state index is -0.558. The summed E-state index contributed by atoms with van der Waals surface area (Å²) in [5.74, 6) is -0.408. The number of amides is 2. The Morgan fingerprint density at radius 2 is 1.96 bits per heavy atom. The van der Waals surface area contributed by atoms with E-state index in [0.717, 1.165) is 0 Å². The second kappa shape index (κ2) is 9.88. The molecule has 1 aromatic carbocycles. The average Bonchev–Trinajstić information content (AvgIpc) is 2.54. The zero-order valence-corrected chi connectivity index (χ0v) is 13.8. The second-order valence-corrected chi connectivity index (χ2v) is 4.56. The Balaban J connectivity index is 2.97. The third-order valence-electron chi connectivity index (χ3n) is 2.88. The summed E-state index contributed by atoms with van der Waals surface area (Å²) in [6.07, 6.45) is 1.59. The number of rotatable bonds is 7. The van der Waals surface area contributed by atoms with Gasteiger partial charge in [-0.3, -0.25) is 14.9 Å². The molecule has 0 saturated carbocycles. The molecule has 2 N–H and O–H groups in total. The fraction of sp³-hybridized carbons (Fsp3) is 0.312. The van der Waals surface area contributed by atoms with E-state index in [0.29, 0.717) is 17.9 Å². The first-order valence-corrected chi connectivity index (χ1v) is 7.34. The van der Waals surface area contributed by atoms with Crippen LogP contribution in [0.5, 0.6) is 0 Å². The molecule has 0 atom stereocenters. The molecule has 0 aliphatic heterocycles. The summed E-state index contributed by atoms with van der Waals surface area (Å²) in [7, 11) is 0. The number of carbonyl (C=O) groups excluding carboxylic acids is 2. The zero-order valence-electron chi connectivity index (χ0n) is 13.8. The van der Waals surface area contributed by atoms with Crippen LogP contribution in [0.1, 0.15) is 13.8 Å². The Morgan fingerprint density at radius 1 is 1.29 bits per heavy atom. The van der Waals surface area contributed by atoms with Crippen molar-refractivity contribution in [2.24, 2.45) is 20.7 Å². The van der Waals surface area contributed by atoms with Crippen molar-refractivity contribution in [3.8, 4) is 0 Å². The molecule has 8 heteroatoms. The normalized spacial score (nSPS) is 11.3. The number of anilines is 1. The third-order valence-corrected chi connectivity index (χ3v) is 2.88. The van der Waals surface area contributed by atoms with Gasteiger partial charge in [0.15, 0.2) is 0 Å². The lowest BCUT2D eigenvalue weighted by Crippen LogP contribution is -2.35. The van der Waals surface area contributed by atoms with Crippen LogP contribution in [0.4, 0.5) is 16.2 Å². The zero-order chi connectivity index (χ0) is 17.9. The standard InChI is InChI=1S/C16H21N5O3/c1-4-19-10-14(24-15(22)11-18-3)20-12-6-8-13(9-7-12)21(5-2)16(17)23/h4,6-9H,3,5,10-11H2,1-2H3,(H2,17,23). The minimum Gasteiger partial charge on any atom is -0.408 e. The quantitative estimate of drug-likeness (QED) is 0.468. The second-order valence-electron chi connectivity index (χ2n) is 4.56. The van der Waals surface area contributed by atoms with E-state index in [1.807, 2.05) is 6.92 Å². The highest BCUT2D eigenvalue weighted by atomic mass is 16.5. The molecule has 1 rings (SSSR count). The van der Waals surface area contributed by atoms with Gasteiger partial charge in [-0.25, -0.2) is 14.6 Å². The molecule has 0 unspecified atom stereocenters. The summed E-state index contributed by atoms with van der Waals surface area (Å²) >= 11 is 0. The van der Waals surface area contributed by atoms with Crippen LogP contribution in [0.15, 0.2) is 39.2 Å². The average molecular weight is 331 g/mol. The van der Waals surface area contributed by atoms with Crippen LogP contribution in [-0.2, 0) is 9.53 Å². The maximum Gasteiger partial charge on any atom is 0.334 e. The number of primary amides is 1. The molecule has 8 nitrogen and oxygen atoms in total. The molecule has 0 radical (unpaired) electrons. The Labute approximate surface area is 140 Å². The van der Waals surface area contributed by atoms with E-state index in [9.17, 15) is 9.59 Å². The first-order valence-electron chi connectivity index (χ1n) is 7.34. The lowest BCUT2D eigenvalue weighted by Gasteiger charge is -2.18. The van der Waals surface area contributed by atoms with E-state index in [-0.39, 0.29) is 19.0 Å². The monoisotopic (exact) mass is 331 g/mol. The maximum absolute atomic E-state index is 11.5. The van der Waals surface area contributed by atoms with E-state index in [1.54, 1.807) is 37.4 Å². The molecule has 0 fully saturated rings. The van der Waals surface area contributed by atoms with Crippen molar-refractivity contribution in [3.05, 3.63) is 24.3 Å². The summed E-state index contributed by atoms with van der Waals surface area (Å²) in [5, 5.41) is 0. The Kier molecular flexibility index (Phi) is 7.83. The first kappa shape index (κ1) is 19.0. The van der Waals surface area contributed by atoms with Crippen molar-refractivity contribution in [1.29, 1.82) is 0 Å². The van der Waals surface area contributed by atoms with E-state index >= 15 is 0 Å². The van der Waals surface area contributed by atoms with Gasteiger partial charge in [-0.1, -0.05) is 0 Å². The molecule has 0 heterocycles. The Morgan fingerprint density at radius 3 is 2.46 bits per heavy atom. The van der Waals surface area contributed by atoms with Gasteiger partial charge < -0.3 is 10.5 Å². The van der Waals surface area contributed by atoms with Crippen molar-refractivity contribution in [1.82, 2.24) is 0 Å². The fourth-order valence-corrected chi connectivity index (χ4v) is 1.83. The number of hydrogen-bond acceptors (Lipinski definition) is 6. The molecule has 2 amide bonds. The molecule has 1 aromatic rings. The maximum atomic E-state index is 11.5. The Hall–Kier alpha value is -3.03. The number of carbonyl (C=O) groups is 2. The molecule has 0 bridgehead atoms. The number of aliphatic imine (C=N–C) groups is 3. The third kappa shape index (κ3) is 5.99. The predicted molar refractivity (Wildman–Crippen MR) is 95.7 cm³/mol. The molecule has 0 aromatic heterocycles. The highest BCUT2D eigenvalue weighted by Gasteiger charge is 2.10. The SMILES string of the molecule is C=NCC(=O)OC(CN=CC)=Nc1ccc(N(CC)C(N)=O)cc1. The van der Waals surface area contributed by atoms with Gasteiger partial charge in [0.1, 0.15) is 13.1 Å². The molecule has 24 heavy (non-hydrogen) atoms. The molecule has 0 aliphatic rings. The molecule has 0 spiro atoms. The Bertz CT molecular complexity index is 638. The van der Waals surface area contributed by atoms with Gasteiger partial charge in [0.25, 0.3) is 0 Å². The molecular formula is C16H21N5O3. The largest absolute Gasteiger partial charge is 0.408 e. The summed E-state index contributed by atoms with van der Waals surface area (Å²) in [4.78, 5) is 36.0. The summed E-state index contributed by atoms with van der Waals surface area (Å²) in [6, 6.07) is 6.27. The summed E-state index contributed by atoms with van der Waals surface area (Å²) < 4.78 is 5.11. The first-order chi connectivity index (χ1) is 11.5. The predicted octanol–water partition coefficient (Wildman–Crippen LogP) is 1.96. The smallest absolute Gasteiger partial charge is 0.334 e. The van der Waals surface area contributed by atoms with E-state index in [1.165, 1.54) is 4.90 Å². The van der Waals surface area contributed by atoms with Crippen molar-refractivity contribution in [2.45, 2.75) is 13.8 Å². The molecule has 0 aliphatic carbocycles. The topological polar surface area (TPSA) is 110 Å². The van der Waals surface area contributed by atoms with Crippen molar-refractivity contribution >= 4 is 42.2 Å². The van der Waals surface area contributed by atoms with Crippen LogP contribution in [0.2, 0.25) is 0 Å². The van der Waals surface area contributed by atoms with Crippen molar-refractivity contribution in [3.63, 3.8) is 0 Å². The minimum absolute atomic E-state index is 0.128. The van der Waals surface area contributed by atoms with Gasteiger partial charge in [0.05, 0.1) is 5.69 Å². The highest BCUT2D eigenvalue weighted by molar-refractivity contribution is 5.93. The van der Waals surface area contributed by atoms with Gasteiger partial charge >= 0.3 is 12.0 Å². The van der Waals surface area contributed by atoms with Crippen LogP contribution in [0.25, 0.3) is 0 Å².